The lowest BCUT2D eigenvalue weighted by Crippen LogP contribution is -2.21. The topological polar surface area (TPSA) is 37.4 Å². The number of rotatable bonds is 10. The van der Waals surface area contributed by atoms with Gasteiger partial charge in [-0.25, -0.2) is 0 Å². The lowest BCUT2D eigenvalue weighted by molar-refractivity contribution is 0.177. The van der Waals surface area contributed by atoms with Gasteiger partial charge in [0.2, 0.25) is 0 Å². The molecule has 1 rings (SSSR count). The standard InChI is InChI=1S/C15H27N3O/c1-4-9-16-12-14-7-5-8-15(17-14)13-18(2)10-6-11-19-3/h5,7-8,16H,4,6,9-13H2,1-3H3. The van der Waals surface area contributed by atoms with Gasteiger partial charge in [-0.15, -0.1) is 0 Å². The summed E-state index contributed by atoms with van der Waals surface area (Å²) in [5.74, 6) is 0. The van der Waals surface area contributed by atoms with Gasteiger partial charge >= 0.3 is 0 Å². The number of ether oxygens (including phenoxy) is 1. The number of nitrogens with zero attached hydrogens (tertiary/aromatic N) is 2. The average molecular weight is 265 g/mol. The van der Waals surface area contributed by atoms with Crippen molar-refractivity contribution in [3.8, 4) is 0 Å². The van der Waals surface area contributed by atoms with Gasteiger partial charge in [0.15, 0.2) is 0 Å². The molecular formula is C15H27N3O. The predicted molar refractivity (Wildman–Crippen MR) is 79.1 cm³/mol. The molecule has 0 radical (unpaired) electrons. The monoisotopic (exact) mass is 265 g/mol. The summed E-state index contributed by atoms with van der Waals surface area (Å²) in [6.45, 7) is 6.82. The molecule has 0 aromatic carbocycles. The molecule has 0 saturated heterocycles. The second-order valence-electron chi connectivity index (χ2n) is 4.88. The molecule has 0 aliphatic rings. The number of methoxy groups -OCH3 is 1. The molecule has 0 atom stereocenters. The summed E-state index contributed by atoms with van der Waals surface area (Å²) in [6, 6.07) is 6.27. The van der Waals surface area contributed by atoms with Crippen LogP contribution in [-0.4, -0.2) is 43.7 Å². The van der Waals surface area contributed by atoms with Gasteiger partial charge in [-0.05, 0) is 38.6 Å². The number of hydrogen-bond acceptors (Lipinski definition) is 4. The van der Waals surface area contributed by atoms with Crippen LogP contribution in [0.1, 0.15) is 31.2 Å². The fraction of sp³-hybridized carbons (Fsp3) is 0.667. The molecule has 0 aliphatic heterocycles. The number of nitrogens with one attached hydrogen (secondary N) is 1. The molecular weight excluding hydrogens is 238 g/mol. The summed E-state index contributed by atoms with van der Waals surface area (Å²) in [7, 11) is 3.87. The van der Waals surface area contributed by atoms with Gasteiger partial charge in [0.1, 0.15) is 0 Å². The van der Waals surface area contributed by atoms with Crippen molar-refractivity contribution in [3.05, 3.63) is 29.6 Å². The lowest BCUT2D eigenvalue weighted by Gasteiger charge is -2.16. The Hall–Kier alpha value is -0.970. The Morgan fingerprint density at radius 1 is 1.32 bits per heavy atom. The molecule has 0 unspecified atom stereocenters. The van der Waals surface area contributed by atoms with Crippen molar-refractivity contribution < 1.29 is 4.74 Å². The predicted octanol–water partition coefficient (Wildman–Crippen LogP) is 2.05. The SMILES string of the molecule is CCCNCc1cccc(CN(C)CCCOC)n1. The Bertz CT molecular complexity index is 344. The second-order valence-corrected chi connectivity index (χ2v) is 4.88. The summed E-state index contributed by atoms with van der Waals surface area (Å²) in [5.41, 5.74) is 2.26. The first-order chi connectivity index (χ1) is 9.26. The van der Waals surface area contributed by atoms with E-state index in [0.717, 1.165) is 57.0 Å². The molecule has 1 heterocycles. The minimum absolute atomic E-state index is 0.818. The van der Waals surface area contributed by atoms with Crippen molar-refractivity contribution in [2.45, 2.75) is 32.9 Å². The van der Waals surface area contributed by atoms with Crippen LogP contribution in [0.3, 0.4) is 0 Å². The van der Waals surface area contributed by atoms with Gasteiger partial charge in [0.25, 0.3) is 0 Å². The summed E-state index contributed by atoms with van der Waals surface area (Å²) in [5, 5.41) is 3.38. The average Bonchev–Trinajstić information content (AvgIpc) is 2.40. The van der Waals surface area contributed by atoms with E-state index in [1.165, 1.54) is 0 Å². The minimum atomic E-state index is 0.818. The number of hydrogen-bond donors (Lipinski definition) is 1. The van der Waals surface area contributed by atoms with Crippen LogP contribution in [0.5, 0.6) is 0 Å². The Labute approximate surface area is 117 Å². The molecule has 0 bridgehead atoms. The van der Waals surface area contributed by atoms with E-state index < -0.39 is 0 Å². The highest BCUT2D eigenvalue weighted by atomic mass is 16.5. The zero-order valence-corrected chi connectivity index (χ0v) is 12.5. The third-order valence-electron chi connectivity index (χ3n) is 2.92. The third-order valence-corrected chi connectivity index (χ3v) is 2.92. The molecule has 1 N–H and O–H groups in total. The van der Waals surface area contributed by atoms with Crippen molar-refractivity contribution in [2.75, 3.05) is 33.9 Å². The summed E-state index contributed by atoms with van der Waals surface area (Å²) in [4.78, 5) is 6.96. The Morgan fingerprint density at radius 3 is 2.84 bits per heavy atom. The fourth-order valence-corrected chi connectivity index (χ4v) is 1.94. The first kappa shape index (κ1) is 16.1. The van der Waals surface area contributed by atoms with Crippen LogP contribution in [0.25, 0.3) is 0 Å². The molecule has 0 fully saturated rings. The largest absolute Gasteiger partial charge is 0.385 e. The molecule has 0 spiro atoms. The van der Waals surface area contributed by atoms with Gasteiger partial charge in [0, 0.05) is 33.4 Å². The highest BCUT2D eigenvalue weighted by Crippen LogP contribution is 2.03. The van der Waals surface area contributed by atoms with Crippen LogP contribution in [0.2, 0.25) is 0 Å². The smallest absolute Gasteiger partial charge is 0.0547 e. The molecule has 19 heavy (non-hydrogen) atoms. The Kier molecular flexibility index (Phi) is 8.38. The van der Waals surface area contributed by atoms with Gasteiger partial charge < -0.3 is 15.0 Å². The van der Waals surface area contributed by atoms with Gasteiger partial charge in [-0.3, -0.25) is 4.98 Å². The molecule has 0 aliphatic carbocycles. The highest BCUT2D eigenvalue weighted by Gasteiger charge is 2.02. The zero-order chi connectivity index (χ0) is 13.9. The zero-order valence-electron chi connectivity index (χ0n) is 12.5. The van der Waals surface area contributed by atoms with Crippen LogP contribution in [0.15, 0.2) is 18.2 Å². The number of pyridine rings is 1. The van der Waals surface area contributed by atoms with Crippen LogP contribution in [-0.2, 0) is 17.8 Å². The van der Waals surface area contributed by atoms with Crippen molar-refractivity contribution >= 4 is 0 Å². The summed E-state index contributed by atoms with van der Waals surface area (Å²) >= 11 is 0. The van der Waals surface area contributed by atoms with Crippen molar-refractivity contribution in [3.63, 3.8) is 0 Å². The van der Waals surface area contributed by atoms with Gasteiger partial charge in [-0.2, -0.15) is 0 Å². The maximum absolute atomic E-state index is 5.07. The molecule has 0 saturated carbocycles. The fourth-order valence-electron chi connectivity index (χ4n) is 1.94. The summed E-state index contributed by atoms with van der Waals surface area (Å²) in [6.07, 6.45) is 2.21. The number of aromatic nitrogens is 1. The van der Waals surface area contributed by atoms with Crippen molar-refractivity contribution in [2.24, 2.45) is 0 Å². The highest BCUT2D eigenvalue weighted by molar-refractivity contribution is 5.11. The van der Waals surface area contributed by atoms with Crippen molar-refractivity contribution in [1.29, 1.82) is 0 Å². The maximum atomic E-state index is 5.07. The molecule has 1 aromatic heterocycles. The van der Waals surface area contributed by atoms with Gasteiger partial charge in [-0.1, -0.05) is 13.0 Å². The van der Waals surface area contributed by atoms with Crippen LogP contribution < -0.4 is 5.32 Å². The minimum Gasteiger partial charge on any atom is -0.385 e. The molecule has 108 valence electrons. The Balaban J connectivity index is 2.38. The first-order valence-corrected chi connectivity index (χ1v) is 7.09. The van der Waals surface area contributed by atoms with E-state index in [2.05, 4.69) is 47.4 Å². The van der Waals surface area contributed by atoms with E-state index in [1.54, 1.807) is 7.11 Å². The van der Waals surface area contributed by atoms with E-state index in [0.29, 0.717) is 0 Å². The molecule has 4 heteroatoms. The van der Waals surface area contributed by atoms with E-state index in [4.69, 9.17) is 4.74 Å². The quantitative estimate of drug-likeness (QED) is 0.657. The van der Waals surface area contributed by atoms with E-state index >= 15 is 0 Å². The lowest BCUT2D eigenvalue weighted by atomic mass is 10.2. The maximum Gasteiger partial charge on any atom is 0.0547 e. The molecule has 1 aromatic rings. The van der Waals surface area contributed by atoms with E-state index in [1.807, 2.05) is 0 Å². The molecule has 4 nitrogen and oxygen atoms in total. The van der Waals surface area contributed by atoms with E-state index in [-0.39, 0.29) is 0 Å². The van der Waals surface area contributed by atoms with E-state index in [9.17, 15) is 0 Å². The molecule has 0 amide bonds. The van der Waals surface area contributed by atoms with Crippen molar-refractivity contribution in [1.82, 2.24) is 15.2 Å². The van der Waals surface area contributed by atoms with Gasteiger partial charge in [0.05, 0.1) is 11.4 Å². The Morgan fingerprint density at radius 2 is 2.11 bits per heavy atom. The first-order valence-electron chi connectivity index (χ1n) is 7.09. The summed E-state index contributed by atoms with van der Waals surface area (Å²) < 4.78 is 5.07. The van der Waals surface area contributed by atoms with Crippen LogP contribution in [0.4, 0.5) is 0 Å². The normalized spacial score (nSPS) is 11.2. The third kappa shape index (κ3) is 7.25. The van der Waals surface area contributed by atoms with Crippen LogP contribution >= 0.6 is 0 Å². The second kappa shape index (κ2) is 9.89. The van der Waals surface area contributed by atoms with Crippen LogP contribution in [0, 0.1) is 0 Å².